The van der Waals surface area contributed by atoms with E-state index in [0.717, 1.165) is 5.92 Å². The van der Waals surface area contributed by atoms with Crippen LogP contribution in [0, 0.1) is 5.92 Å². The van der Waals surface area contributed by atoms with Gasteiger partial charge in [-0.3, -0.25) is 4.90 Å². The summed E-state index contributed by atoms with van der Waals surface area (Å²) in [4.78, 5) is 2.50. The second kappa shape index (κ2) is 1.59. The van der Waals surface area contributed by atoms with E-state index in [9.17, 15) is 0 Å². The molecule has 0 spiro atoms. The van der Waals surface area contributed by atoms with Crippen molar-refractivity contribution in [2.45, 2.75) is 6.42 Å². The van der Waals surface area contributed by atoms with Crippen molar-refractivity contribution < 1.29 is 0 Å². The highest BCUT2D eigenvalue weighted by molar-refractivity contribution is 5.00. The third kappa shape index (κ3) is 0.583. The van der Waals surface area contributed by atoms with Gasteiger partial charge in [-0.2, -0.15) is 0 Å². The lowest BCUT2D eigenvalue weighted by molar-refractivity contribution is 0.359. The van der Waals surface area contributed by atoms with Gasteiger partial charge >= 0.3 is 0 Å². The highest BCUT2D eigenvalue weighted by Gasteiger charge is 2.21. The van der Waals surface area contributed by atoms with E-state index in [4.69, 9.17) is 0 Å². The molecule has 44 valence electrons. The Kier molecular flexibility index (Phi) is 0.908. The van der Waals surface area contributed by atoms with Crippen molar-refractivity contribution in [3.63, 3.8) is 0 Å². The first-order valence-corrected chi connectivity index (χ1v) is 3.34. The predicted octanol–water partition coefficient (Wildman–Crippen LogP) is 0.878. The highest BCUT2D eigenvalue weighted by atomic mass is 15.1. The van der Waals surface area contributed by atoms with Gasteiger partial charge in [0.1, 0.15) is 0 Å². The number of rotatable bonds is 0. The van der Waals surface area contributed by atoms with E-state index < -0.39 is 0 Å². The Labute approximate surface area is 50.0 Å². The van der Waals surface area contributed by atoms with E-state index in [1.807, 2.05) is 0 Å². The fraction of sp³-hybridized carbons (Fsp3) is 0.714. The second-order valence-electron chi connectivity index (χ2n) is 2.74. The molecule has 1 saturated heterocycles. The maximum Gasteiger partial charge on any atom is 0.0163 e. The molecule has 0 aromatic carbocycles. The van der Waals surface area contributed by atoms with Gasteiger partial charge in [0, 0.05) is 13.1 Å². The zero-order valence-electron chi connectivity index (χ0n) is 5.01. The van der Waals surface area contributed by atoms with Crippen molar-refractivity contribution in [2.75, 3.05) is 19.6 Å². The van der Waals surface area contributed by atoms with E-state index in [1.165, 1.54) is 26.1 Å². The molecule has 2 rings (SSSR count). The van der Waals surface area contributed by atoms with Crippen LogP contribution >= 0.6 is 0 Å². The first-order chi connectivity index (χ1) is 3.95. The van der Waals surface area contributed by atoms with E-state index in [-0.39, 0.29) is 0 Å². The van der Waals surface area contributed by atoms with Gasteiger partial charge in [-0.1, -0.05) is 12.2 Å². The molecule has 1 heteroatoms. The fourth-order valence-corrected chi connectivity index (χ4v) is 1.59. The molecular formula is C7H11N. The van der Waals surface area contributed by atoms with Crippen LogP contribution in [0.4, 0.5) is 0 Å². The number of hydrogen-bond acceptors (Lipinski definition) is 1. The summed E-state index contributed by atoms with van der Waals surface area (Å²) in [6, 6.07) is 0. The van der Waals surface area contributed by atoms with Gasteiger partial charge in [-0.05, 0) is 18.9 Å². The third-order valence-electron chi connectivity index (χ3n) is 2.08. The van der Waals surface area contributed by atoms with Gasteiger partial charge in [-0.15, -0.1) is 0 Å². The topological polar surface area (TPSA) is 3.24 Å². The van der Waals surface area contributed by atoms with Gasteiger partial charge in [-0.25, -0.2) is 0 Å². The lowest BCUT2D eigenvalue weighted by atomic mass is 10.1. The molecule has 0 radical (unpaired) electrons. The van der Waals surface area contributed by atoms with Crippen molar-refractivity contribution in [3.05, 3.63) is 12.2 Å². The van der Waals surface area contributed by atoms with Crippen molar-refractivity contribution >= 4 is 0 Å². The molecule has 0 saturated carbocycles. The van der Waals surface area contributed by atoms with Crippen LogP contribution in [0.2, 0.25) is 0 Å². The molecule has 2 aliphatic heterocycles. The highest BCUT2D eigenvalue weighted by Crippen LogP contribution is 2.20. The molecular weight excluding hydrogens is 98.1 g/mol. The van der Waals surface area contributed by atoms with E-state index in [0.29, 0.717) is 0 Å². The zero-order chi connectivity index (χ0) is 5.40. The molecule has 2 bridgehead atoms. The van der Waals surface area contributed by atoms with Crippen molar-refractivity contribution in [1.29, 1.82) is 0 Å². The molecule has 0 aliphatic carbocycles. The minimum atomic E-state index is 0.906. The van der Waals surface area contributed by atoms with Crippen molar-refractivity contribution in [1.82, 2.24) is 4.90 Å². The number of nitrogens with zero attached hydrogens (tertiary/aromatic N) is 1. The maximum absolute atomic E-state index is 2.50. The van der Waals surface area contributed by atoms with Crippen LogP contribution in [-0.4, -0.2) is 24.5 Å². The number of fused-ring (bicyclic) bond motifs is 2. The lowest BCUT2D eigenvalue weighted by Crippen LogP contribution is -2.22. The minimum Gasteiger partial charge on any atom is -0.299 e. The van der Waals surface area contributed by atoms with Gasteiger partial charge in [0.25, 0.3) is 0 Å². The van der Waals surface area contributed by atoms with E-state index in [2.05, 4.69) is 17.1 Å². The van der Waals surface area contributed by atoms with Crippen LogP contribution < -0.4 is 0 Å². The van der Waals surface area contributed by atoms with Gasteiger partial charge in [0.15, 0.2) is 0 Å². The van der Waals surface area contributed by atoms with Crippen LogP contribution in [0.15, 0.2) is 12.2 Å². The quantitative estimate of drug-likeness (QED) is 0.417. The smallest absolute Gasteiger partial charge is 0.0163 e. The maximum atomic E-state index is 2.50. The Hall–Kier alpha value is -0.300. The monoisotopic (exact) mass is 109 g/mol. The zero-order valence-corrected chi connectivity index (χ0v) is 5.01. The van der Waals surface area contributed by atoms with Gasteiger partial charge in [0.2, 0.25) is 0 Å². The van der Waals surface area contributed by atoms with Crippen LogP contribution in [0.3, 0.4) is 0 Å². The van der Waals surface area contributed by atoms with E-state index >= 15 is 0 Å². The number of hydrogen-bond donors (Lipinski definition) is 0. The third-order valence-corrected chi connectivity index (χ3v) is 2.08. The summed E-state index contributed by atoms with van der Waals surface area (Å²) in [6.45, 7) is 3.87. The summed E-state index contributed by atoms with van der Waals surface area (Å²) in [5.41, 5.74) is 0. The molecule has 0 N–H and O–H groups in total. The molecule has 1 fully saturated rings. The summed E-state index contributed by atoms with van der Waals surface area (Å²) in [5, 5.41) is 0. The van der Waals surface area contributed by atoms with Crippen LogP contribution in [0.5, 0.6) is 0 Å². The Balaban J connectivity index is 2.17. The average molecular weight is 109 g/mol. The summed E-state index contributed by atoms with van der Waals surface area (Å²) < 4.78 is 0. The summed E-state index contributed by atoms with van der Waals surface area (Å²) in [6.07, 6.45) is 6.06. The second-order valence-corrected chi connectivity index (χ2v) is 2.74. The summed E-state index contributed by atoms with van der Waals surface area (Å²) >= 11 is 0. The molecule has 2 aliphatic rings. The van der Waals surface area contributed by atoms with Crippen LogP contribution in [-0.2, 0) is 0 Å². The Bertz CT molecular complexity index is 118. The summed E-state index contributed by atoms with van der Waals surface area (Å²) in [5.74, 6) is 0.906. The average Bonchev–Trinajstić information content (AvgIpc) is 2.12. The van der Waals surface area contributed by atoms with Gasteiger partial charge in [0.05, 0.1) is 0 Å². The largest absolute Gasteiger partial charge is 0.299 e. The molecule has 0 aromatic heterocycles. The lowest BCUT2D eigenvalue weighted by Gasteiger charge is -2.15. The first kappa shape index (κ1) is 4.57. The predicted molar refractivity (Wildman–Crippen MR) is 33.7 cm³/mol. The van der Waals surface area contributed by atoms with Gasteiger partial charge < -0.3 is 0 Å². The Morgan fingerprint density at radius 1 is 1.50 bits per heavy atom. The van der Waals surface area contributed by atoms with Crippen molar-refractivity contribution in [2.24, 2.45) is 5.92 Å². The minimum absolute atomic E-state index is 0.906. The molecule has 1 nitrogen and oxygen atoms in total. The molecule has 2 atom stereocenters. The molecule has 0 amide bonds. The normalized spacial score (nSPS) is 43.0. The molecule has 8 heavy (non-hydrogen) atoms. The first-order valence-electron chi connectivity index (χ1n) is 3.34. The molecule has 0 aromatic rings. The SMILES string of the molecule is C1=CC2CCN(C1)C2. The molecule has 2 unspecified atom stereocenters. The molecule has 2 heterocycles. The van der Waals surface area contributed by atoms with Crippen LogP contribution in [0.25, 0.3) is 0 Å². The Morgan fingerprint density at radius 2 is 2.50 bits per heavy atom. The fourth-order valence-electron chi connectivity index (χ4n) is 1.59. The Morgan fingerprint density at radius 3 is 3.25 bits per heavy atom. The van der Waals surface area contributed by atoms with Crippen LogP contribution in [0.1, 0.15) is 6.42 Å². The summed E-state index contributed by atoms with van der Waals surface area (Å²) in [7, 11) is 0. The van der Waals surface area contributed by atoms with E-state index in [1.54, 1.807) is 0 Å². The van der Waals surface area contributed by atoms with Crippen molar-refractivity contribution in [3.8, 4) is 0 Å². The standard InChI is InChI=1S/C7H11N/c1-2-7-3-5-8(4-1)6-7/h1-2,7H,3-6H2.